The lowest BCUT2D eigenvalue weighted by Crippen LogP contribution is -2.04. The first-order valence-corrected chi connectivity index (χ1v) is 12.1. The molecule has 5 heterocycles. The van der Waals surface area contributed by atoms with Gasteiger partial charge in [0.05, 0.1) is 22.7 Å². The molecule has 0 amide bonds. The Balaban J connectivity index is 1.72. The minimum absolute atomic E-state index is 0.362. The van der Waals surface area contributed by atoms with Gasteiger partial charge in [0.25, 0.3) is 0 Å². The second-order valence-electron chi connectivity index (χ2n) is 6.49. The van der Waals surface area contributed by atoms with E-state index in [1.54, 1.807) is 0 Å². The molecule has 0 aliphatic carbocycles. The van der Waals surface area contributed by atoms with E-state index >= 15 is 0 Å². The Bertz CT molecular complexity index is 886. The normalized spacial score (nSPS) is 19.0. The lowest BCUT2D eigenvalue weighted by Gasteiger charge is -2.20. The van der Waals surface area contributed by atoms with Crippen molar-refractivity contribution in [3.05, 3.63) is 65.3 Å². The van der Waals surface area contributed by atoms with Gasteiger partial charge in [0, 0.05) is 31.3 Å². The topological polar surface area (TPSA) is 24.1 Å². The Morgan fingerprint density at radius 1 is 0.538 bits per heavy atom. The standard InChI is InChI=1S/C20H18N2S4/c1-11-17-13(3-7-23-17)21-15-5-9-25-19(15)12(2)20-16(6-10-26-20)22-14-4-8-24-18(11)14/h3-12,21-22H,1-2H3. The zero-order chi connectivity index (χ0) is 17.7. The van der Waals surface area contributed by atoms with Crippen LogP contribution in [-0.4, -0.2) is 0 Å². The Hall–Kier alpha value is -1.60. The third kappa shape index (κ3) is 2.63. The van der Waals surface area contributed by atoms with Crippen molar-refractivity contribution in [2.24, 2.45) is 0 Å². The fourth-order valence-electron chi connectivity index (χ4n) is 3.57. The summed E-state index contributed by atoms with van der Waals surface area (Å²) >= 11 is 7.35. The molecule has 5 rings (SSSR count). The van der Waals surface area contributed by atoms with Gasteiger partial charge in [-0.1, -0.05) is 13.8 Å². The van der Waals surface area contributed by atoms with Crippen LogP contribution in [0.15, 0.2) is 45.8 Å². The van der Waals surface area contributed by atoms with Gasteiger partial charge in [0.2, 0.25) is 0 Å². The van der Waals surface area contributed by atoms with E-state index in [9.17, 15) is 0 Å². The summed E-state index contributed by atoms with van der Waals surface area (Å²) in [5.74, 6) is 0.724. The number of anilines is 4. The molecular weight excluding hydrogens is 397 g/mol. The van der Waals surface area contributed by atoms with Crippen molar-refractivity contribution in [3.63, 3.8) is 0 Å². The van der Waals surface area contributed by atoms with E-state index in [-0.39, 0.29) is 0 Å². The Kier molecular flexibility index (Phi) is 4.16. The molecule has 2 N–H and O–H groups in total. The summed E-state index contributed by atoms with van der Waals surface area (Å²) in [5.41, 5.74) is 4.95. The van der Waals surface area contributed by atoms with Crippen LogP contribution in [0.2, 0.25) is 0 Å². The first-order valence-electron chi connectivity index (χ1n) is 8.56. The van der Waals surface area contributed by atoms with Crippen LogP contribution in [0.4, 0.5) is 22.7 Å². The number of thiophene rings is 4. The van der Waals surface area contributed by atoms with Crippen molar-refractivity contribution in [3.8, 4) is 0 Å². The van der Waals surface area contributed by atoms with E-state index in [4.69, 9.17) is 0 Å². The summed E-state index contributed by atoms with van der Waals surface area (Å²) in [7, 11) is 0. The highest BCUT2D eigenvalue weighted by Crippen LogP contribution is 2.47. The number of hydrogen-bond donors (Lipinski definition) is 2. The van der Waals surface area contributed by atoms with Crippen LogP contribution in [0.5, 0.6) is 0 Å². The SMILES string of the molecule is CC1c2sccc2Nc2ccsc2C(C)c2sccc2Nc2ccsc21. The van der Waals surface area contributed by atoms with Crippen molar-refractivity contribution in [1.82, 2.24) is 0 Å². The molecule has 6 heteroatoms. The molecule has 0 radical (unpaired) electrons. The van der Waals surface area contributed by atoms with Gasteiger partial charge in [0.1, 0.15) is 0 Å². The van der Waals surface area contributed by atoms with Crippen LogP contribution in [0.3, 0.4) is 0 Å². The first kappa shape index (κ1) is 16.6. The van der Waals surface area contributed by atoms with Gasteiger partial charge in [-0.15, -0.1) is 45.3 Å². The van der Waals surface area contributed by atoms with Crippen LogP contribution in [0.1, 0.15) is 45.2 Å². The molecule has 4 aromatic rings. The molecule has 0 saturated carbocycles. The third-order valence-electron chi connectivity index (χ3n) is 4.89. The van der Waals surface area contributed by atoms with E-state index in [0.29, 0.717) is 11.8 Å². The van der Waals surface area contributed by atoms with Gasteiger partial charge in [-0.25, -0.2) is 0 Å². The number of fused-ring (bicyclic) bond motifs is 4. The maximum atomic E-state index is 3.74. The quantitative estimate of drug-likeness (QED) is 0.304. The molecule has 0 bridgehead atoms. The first-order chi connectivity index (χ1) is 12.7. The van der Waals surface area contributed by atoms with Gasteiger partial charge in [0.15, 0.2) is 0 Å². The van der Waals surface area contributed by atoms with Gasteiger partial charge < -0.3 is 10.6 Å². The number of hydrogen-bond acceptors (Lipinski definition) is 6. The molecule has 0 unspecified atom stereocenters. The molecule has 0 atom stereocenters. The highest BCUT2D eigenvalue weighted by atomic mass is 32.1. The molecule has 1 aliphatic heterocycles. The van der Waals surface area contributed by atoms with Crippen LogP contribution in [0.25, 0.3) is 0 Å². The van der Waals surface area contributed by atoms with Crippen LogP contribution in [-0.2, 0) is 0 Å². The molecule has 0 saturated heterocycles. The minimum atomic E-state index is 0.362. The zero-order valence-electron chi connectivity index (χ0n) is 14.4. The average Bonchev–Trinajstić information content (AvgIpc) is 3.41. The van der Waals surface area contributed by atoms with Crippen molar-refractivity contribution in [2.45, 2.75) is 25.7 Å². The molecule has 1 aliphatic rings. The van der Waals surface area contributed by atoms with E-state index in [1.807, 2.05) is 45.3 Å². The highest BCUT2D eigenvalue weighted by molar-refractivity contribution is 7.13. The maximum absolute atomic E-state index is 3.74. The summed E-state index contributed by atoms with van der Waals surface area (Å²) in [6.45, 7) is 4.62. The molecule has 0 fully saturated rings. The van der Waals surface area contributed by atoms with Gasteiger partial charge >= 0.3 is 0 Å². The van der Waals surface area contributed by atoms with Gasteiger partial charge in [-0.3, -0.25) is 0 Å². The third-order valence-corrected chi connectivity index (χ3v) is 9.29. The van der Waals surface area contributed by atoms with E-state index in [2.05, 4.69) is 70.3 Å². The summed E-state index contributed by atoms with van der Waals surface area (Å²) in [6.07, 6.45) is 0. The van der Waals surface area contributed by atoms with Gasteiger partial charge in [-0.2, -0.15) is 0 Å². The summed E-state index contributed by atoms with van der Waals surface area (Å²) in [6, 6.07) is 8.86. The van der Waals surface area contributed by atoms with Gasteiger partial charge in [-0.05, 0) is 45.8 Å². The van der Waals surface area contributed by atoms with Crippen molar-refractivity contribution < 1.29 is 0 Å². The fraction of sp³-hybridized carbons (Fsp3) is 0.200. The molecule has 4 aromatic heterocycles. The van der Waals surface area contributed by atoms with Crippen molar-refractivity contribution >= 4 is 68.1 Å². The molecule has 0 spiro atoms. The smallest absolute Gasteiger partial charge is 0.0532 e. The molecule has 132 valence electrons. The van der Waals surface area contributed by atoms with Crippen LogP contribution in [0, 0.1) is 0 Å². The highest BCUT2D eigenvalue weighted by Gasteiger charge is 2.24. The van der Waals surface area contributed by atoms with Crippen molar-refractivity contribution in [1.29, 1.82) is 0 Å². The summed E-state index contributed by atoms with van der Waals surface area (Å²) in [4.78, 5) is 5.58. The van der Waals surface area contributed by atoms with E-state index < -0.39 is 0 Å². The molecule has 26 heavy (non-hydrogen) atoms. The average molecular weight is 415 g/mol. The number of rotatable bonds is 0. The molecular formula is C20H18N2S4. The number of nitrogens with one attached hydrogen (secondary N) is 2. The van der Waals surface area contributed by atoms with Crippen molar-refractivity contribution in [2.75, 3.05) is 10.6 Å². The van der Waals surface area contributed by atoms with Crippen LogP contribution < -0.4 is 10.6 Å². The Morgan fingerprint density at radius 2 is 0.808 bits per heavy atom. The maximum Gasteiger partial charge on any atom is 0.0532 e. The minimum Gasteiger partial charge on any atom is -0.354 e. The fourth-order valence-corrected chi connectivity index (χ4v) is 7.39. The monoisotopic (exact) mass is 414 g/mol. The lowest BCUT2D eigenvalue weighted by atomic mass is 10.0. The van der Waals surface area contributed by atoms with E-state index in [1.165, 1.54) is 42.3 Å². The lowest BCUT2D eigenvalue weighted by molar-refractivity contribution is 0.965. The molecule has 0 aromatic carbocycles. The predicted octanol–water partition coefficient (Wildman–Crippen LogP) is 8.04. The Labute approximate surface area is 169 Å². The second-order valence-corrected chi connectivity index (χ2v) is 10.3. The largest absolute Gasteiger partial charge is 0.354 e. The predicted molar refractivity (Wildman–Crippen MR) is 119 cm³/mol. The molecule has 2 nitrogen and oxygen atoms in total. The second kappa shape index (κ2) is 6.53. The Morgan fingerprint density at radius 3 is 1.08 bits per heavy atom. The summed E-state index contributed by atoms with van der Waals surface area (Å²) in [5, 5.41) is 16.3. The summed E-state index contributed by atoms with van der Waals surface area (Å²) < 4.78 is 0. The van der Waals surface area contributed by atoms with Crippen LogP contribution >= 0.6 is 45.3 Å². The zero-order valence-corrected chi connectivity index (χ0v) is 17.7. The van der Waals surface area contributed by atoms with E-state index in [0.717, 1.165) is 0 Å².